The van der Waals surface area contributed by atoms with Gasteiger partial charge in [0.2, 0.25) is 0 Å². The first kappa shape index (κ1) is 21.7. The third-order valence-corrected chi connectivity index (χ3v) is 5.32. The lowest BCUT2D eigenvalue weighted by atomic mass is 10.1. The molecule has 0 spiro atoms. The number of aliphatic imine (C=N–C) groups is 1. The number of likely N-dealkylation sites (N-methyl/N-ethyl adjacent to an activating group) is 1. The maximum absolute atomic E-state index is 4.34. The molecule has 5 nitrogen and oxygen atoms in total. The molecule has 1 unspecified atom stereocenters. The van der Waals surface area contributed by atoms with Gasteiger partial charge in [-0.3, -0.25) is 4.99 Å². The van der Waals surface area contributed by atoms with Crippen LogP contribution in [-0.4, -0.2) is 69.6 Å². The van der Waals surface area contributed by atoms with Crippen LogP contribution in [0.2, 0.25) is 0 Å². The largest absolute Gasteiger partial charge is 0.355 e. The van der Waals surface area contributed by atoms with Crippen LogP contribution in [-0.2, 0) is 0 Å². The summed E-state index contributed by atoms with van der Waals surface area (Å²) in [4.78, 5) is 10.5. The zero-order chi connectivity index (χ0) is 16.5. The normalized spacial score (nSPS) is 17.4. The van der Waals surface area contributed by atoms with E-state index in [0.29, 0.717) is 6.04 Å². The second-order valence-corrected chi connectivity index (χ2v) is 7.26. The van der Waals surface area contributed by atoms with Gasteiger partial charge in [0.25, 0.3) is 0 Å². The van der Waals surface area contributed by atoms with Crippen molar-refractivity contribution in [2.45, 2.75) is 25.3 Å². The highest BCUT2D eigenvalue weighted by Gasteiger charge is 2.15. The smallest absolute Gasteiger partial charge is 0.191 e. The molecule has 7 heteroatoms. The van der Waals surface area contributed by atoms with Crippen molar-refractivity contribution in [3.63, 3.8) is 0 Å². The van der Waals surface area contributed by atoms with Crippen LogP contribution in [0, 0.1) is 0 Å². The van der Waals surface area contributed by atoms with E-state index >= 15 is 0 Å². The van der Waals surface area contributed by atoms with Crippen LogP contribution in [0.1, 0.15) is 30.2 Å². The lowest BCUT2D eigenvalue weighted by molar-refractivity contribution is 0.232. The average Bonchev–Trinajstić information content (AvgIpc) is 3.08. The maximum atomic E-state index is 4.34. The van der Waals surface area contributed by atoms with E-state index in [-0.39, 0.29) is 24.0 Å². The Kier molecular flexibility index (Phi) is 10.9. The minimum Gasteiger partial charge on any atom is -0.355 e. The number of rotatable bonds is 7. The summed E-state index contributed by atoms with van der Waals surface area (Å²) in [6, 6.07) is 4.68. The fourth-order valence-corrected chi connectivity index (χ4v) is 3.87. The number of hydrogen-bond acceptors (Lipinski definition) is 4. The van der Waals surface area contributed by atoms with Crippen molar-refractivity contribution < 1.29 is 0 Å². The molecule has 1 aliphatic rings. The Morgan fingerprint density at radius 3 is 2.62 bits per heavy atom. The summed E-state index contributed by atoms with van der Waals surface area (Å²) in [6.07, 6.45) is 4.08. The van der Waals surface area contributed by atoms with Gasteiger partial charge in [-0.1, -0.05) is 12.5 Å². The molecule has 2 heterocycles. The van der Waals surface area contributed by atoms with E-state index in [0.717, 1.165) is 25.6 Å². The van der Waals surface area contributed by atoms with Crippen LogP contribution in [0.3, 0.4) is 0 Å². The Morgan fingerprint density at radius 1 is 1.29 bits per heavy atom. The molecule has 0 amide bonds. The molecule has 0 aliphatic carbocycles. The number of guanidine groups is 1. The molecular weight excluding hydrogens is 433 g/mol. The molecule has 1 atom stereocenters. The van der Waals surface area contributed by atoms with Crippen LogP contribution < -0.4 is 10.6 Å². The van der Waals surface area contributed by atoms with Gasteiger partial charge in [0.1, 0.15) is 0 Å². The van der Waals surface area contributed by atoms with Crippen molar-refractivity contribution >= 4 is 41.3 Å². The Bertz CT molecular complexity index is 458. The summed E-state index contributed by atoms with van der Waals surface area (Å²) in [6.45, 7) is 5.40. The van der Waals surface area contributed by atoms with Gasteiger partial charge in [0.15, 0.2) is 5.96 Å². The van der Waals surface area contributed by atoms with Gasteiger partial charge in [-0.15, -0.1) is 35.3 Å². The van der Waals surface area contributed by atoms with E-state index in [9.17, 15) is 0 Å². The van der Waals surface area contributed by atoms with Gasteiger partial charge in [-0.2, -0.15) is 0 Å². The molecule has 0 saturated carbocycles. The first-order chi connectivity index (χ1) is 11.2. The van der Waals surface area contributed by atoms with E-state index < -0.39 is 0 Å². The molecule has 138 valence electrons. The zero-order valence-electron chi connectivity index (χ0n) is 15.1. The zero-order valence-corrected chi connectivity index (χ0v) is 18.3. The van der Waals surface area contributed by atoms with Crippen molar-refractivity contribution in [3.05, 3.63) is 22.4 Å². The predicted molar refractivity (Wildman–Crippen MR) is 116 cm³/mol. The quantitative estimate of drug-likeness (QED) is 0.369. The highest BCUT2D eigenvalue weighted by Crippen LogP contribution is 2.22. The molecule has 1 fully saturated rings. The van der Waals surface area contributed by atoms with Crippen molar-refractivity contribution in [2.24, 2.45) is 4.99 Å². The second kappa shape index (κ2) is 12.1. The van der Waals surface area contributed by atoms with Gasteiger partial charge in [0.05, 0.1) is 6.04 Å². The first-order valence-electron chi connectivity index (χ1n) is 8.57. The Morgan fingerprint density at radius 2 is 2.04 bits per heavy atom. The van der Waals surface area contributed by atoms with E-state index in [1.165, 1.54) is 37.2 Å². The van der Waals surface area contributed by atoms with E-state index in [1.807, 2.05) is 7.05 Å². The molecule has 0 bridgehead atoms. The number of hydrogen-bond donors (Lipinski definition) is 2. The molecule has 1 saturated heterocycles. The van der Waals surface area contributed by atoms with Crippen LogP contribution in [0.25, 0.3) is 0 Å². The van der Waals surface area contributed by atoms with Gasteiger partial charge < -0.3 is 20.4 Å². The Hall–Kier alpha value is -0.380. The number of halogens is 1. The Labute approximate surface area is 167 Å². The lowest BCUT2D eigenvalue weighted by Crippen LogP contribution is -2.44. The Balaban J connectivity index is 0.00000288. The molecule has 1 aromatic heterocycles. The number of likely N-dealkylation sites (tertiary alicyclic amines) is 1. The molecule has 2 rings (SSSR count). The van der Waals surface area contributed by atoms with Gasteiger partial charge in [-0.25, -0.2) is 0 Å². The number of piperidine rings is 1. The summed E-state index contributed by atoms with van der Waals surface area (Å²) >= 11 is 1.81. The van der Waals surface area contributed by atoms with Gasteiger partial charge in [-0.05, 0) is 51.5 Å². The monoisotopic (exact) mass is 465 g/mol. The molecular formula is C17H32IN5S. The molecule has 1 aromatic rings. The highest BCUT2D eigenvalue weighted by atomic mass is 127. The van der Waals surface area contributed by atoms with Gasteiger partial charge in [0, 0.05) is 31.6 Å². The van der Waals surface area contributed by atoms with E-state index in [2.05, 4.69) is 57.0 Å². The standard InChI is InChI=1S/C17H31N5S.HI/c1-18-17(19-9-12-22-10-5-4-6-11-22)20-14-15(21(2)3)16-8-7-13-23-16;/h7-8,13,15H,4-6,9-12,14H2,1-3H3,(H2,18,19,20);1H. The SMILES string of the molecule is CN=C(NCCN1CCCCC1)NCC(c1cccs1)N(C)C.I. The van der Waals surface area contributed by atoms with Crippen LogP contribution in [0.15, 0.2) is 22.5 Å². The average molecular weight is 465 g/mol. The van der Waals surface area contributed by atoms with Gasteiger partial charge >= 0.3 is 0 Å². The molecule has 2 N–H and O–H groups in total. The topological polar surface area (TPSA) is 42.9 Å². The van der Waals surface area contributed by atoms with Crippen molar-refractivity contribution in [2.75, 3.05) is 53.9 Å². The van der Waals surface area contributed by atoms with Crippen molar-refractivity contribution in [1.82, 2.24) is 20.4 Å². The van der Waals surface area contributed by atoms with Crippen LogP contribution in [0.5, 0.6) is 0 Å². The van der Waals surface area contributed by atoms with Crippen LogP contribution in [0.4, 0.5) is 0 Å². The predicted octanol–water partition coefficient (Wildman–Crippen LogP) is 2.62. The molecule has 0 radical (unpaired) electrons. The maximum Gasteiger partial charge on any atom is 0.191 e. The molecule has 1 aliphatic heterocycles. The fourth-order valence-electron chi connectivity index (χ4n) is 2.95. The lowest BCUT2D eigenvalue weighted by Gasteiger charge is -2.27. The third kappa shape index (κ3) is 7.25. The summed E-state index contributed by atoms with van der Waals surface area (Å²) in [5.74, 6) is 0.894. The van der Waals surface area contributed by atoms with Crippen molar-refractivity contribution in [1.29, 1.82) is 0 Å². The van der Waals surface area contributed by atoms with E-state index in [4.69, 9.17) is 0 Å². The summed E-state index contributed by atoms with van der Waals surface area (Å²) < 4.78 is 0. The molecule has 24 heavy (non-hydrogen) atoms. The number of thiophene rings is 1. The van der Waals surface area contributed by atoms with E-state index in [1.54, 1.807) is 11.3 Å². The minimum absolute atomic E-state index is 0. The van der Waals surface area contributed by atoms with Crippen molar-refractivity contribution in [3.8, 4) is 0 Å². The highest BCUT2D eigenvalue weighted by molar-refractivity contribution is 14.0. The summed E-state index contributed by atoms with van der Waals surface area (Å²) in [5, 5.41) is 9.04. The van der Waals surface area contributed by atoms with Crippen LogP contribution >= 0.6 is 35.3 Å². The summed E-state index contributed by atoms with van der Waals surface area (Å²) in [5.41, 5.74) is 0. The molecule has 0 aromatic carbocycles. The number of nitrogens with zero attached hydrogens (tertiary/aromatic N) is 3. The summed E-state index contributed by atoms with van der Waals surface area (Å²) in [7, 11) is 6.09. The number of nitrogens with one attached hydrogen (secondary N) is 2. The second-order valence-electron chi connectivity index (χ2n) is 6.28. The fraction of sp³-hybridized carbons (Fsp3) is 0.706. The first-order valence-corrected chi connectivity index (χ1v) is 9.45. The minimum atomic E-state index is 0. The third-order valence-electron chi connectivity index (χ3n) is 4.35.